The first kappa shape index (κ1) is 21.9. The average molecular weight is 449 g/mol. The van der Waals surface area contributed by atoms with Gasteiger partial charge in [0, 0.05) is 11.1 Å². The van der Waals surface area contributed by atoms with Gasteiger partial charge in [-0.1, -0.05) is 23.7 Å². The van der Waals surface area contributed by atoms with Gasteiger partial charge in [-0.05, 0) is 73.8 Å². The molecule has 1 aliphatic heterocycles. The third kappa shape index (κ3) is 6.08. The first-order valence-corrected chi connectivity index (χ1v) is 10.8. The van der Waals surface area contributed by atoms with Crippen molar-refractivity contribution in [2.75, 3.05) is 13.1 Å². The van der Waals surface area contributed by atoms with Crippen LogP contribution in [0.2, 0.25) is 5.02 Å². The van der Waals surface area contributed by atoms with E-state index in [1.165, 1.54) is 0 Å². The minimum atomic E-state index is -4.84. The first-order valence-electron chi connectivity index (χ1n) is 8.98. The van der Waals surface area contributed by atoms with E-state index in [0.717, 1.165) is 55.8 Å². The predicted molar refractivity (Wildman–Crippen MR) is 103 cm³/mol. The fraction of sp³-hybridized carbons (Fsp3) is 0.368. The molecule has 158 valence electrons. The number of nitrogens with one attached hydrogen (secondary N) is 2. The van der Waals surface area contributed by atoms with E-state index in [-0.39, 0.29) is 10.8 Å². The Hall–Kier alpha value is -1.81. The molecule has 0 spiro atoms. The summed E-state index contributed by atoms with van der Waals surface area (Å²) in [5.74, 6) is -0.413. The number of hydrogen-bond donors (Lipinski definition) is 2. The number of piperidine rings is 1. The van der Waals surface area contributed by atoms with Crippen molar-refractivity contribution in [2.24, 2.45) is 5.92 Å². The Morgan fingerprint density at radius 3 is 2.17 bits per heavy atom. The van der Waals surface area contributed by atoms with Crippen molar-refractivity contribution in [3.63, 3.8) is 0 Å². The molecule has 1 heterocycles. The van der Waals surface area contributed by atoms with Crippen molar-refractivity contribution in [2.45, 2.75) is 30.1 Å². The van der Waals surface area contributed by atoms with E-state index in [0.29, 0.717) is 5.02 Å². The highest BCUT2D eigenvalue weighted by Gasteiger charge is 2.32. The van der Waals surface area contributed by atoms with Crippen LogP contribution in [0.25, 0.3) is 0 Å². The summed E-state index contributed by atoms with van der Waals surface area (Å²) in [5.41, 5.74) is 0.780. The Morgan fingerprint density at radius 1 is 1.03 bits per heavy atom. The van der Waals surface area contributed by atoms with Gasteiger partial charge in [-0.25, -0.2) is 13.1 Å². The number of hydrogen-bond acceptors (Lipinski definition) is 4. The van der Waals surface area contributed by atoms with Gasteiger partial charge in [0.1, 0.15) is 5.75 Å². The zero-order chi connectivity index (χ0) is 21.1. The highest BCUT2D eigenvalue weighted by molar-refractivity contribution is 7.89. The summed E-state index contributed by atoms with van der Waals surface area (Å²) in [6, 6.07) is 10.6. The summed E-state index contributed by atoms with van der Waals surface area (Å²) in [4.78, 5) is -0.139. The largest absolute Gasteiger partial charge is 0.573 e. The van der Waals surface area contributed by atoms with Crippen LogP contribution >= 0.6 is 11.6 Å². The third-order valence-corrected chi connectivity index (χ3v) is 6.44. The van der Waals surface area contributed by atoms with Crippen LogP contribution in [0.4, 0.5) is 13.2 Å². The van der Waals surface area contributed by atoms with Gasteiger partial charge in [0.25, 0.3) is 0 Å². The Morgan fingerprint density at radius 2 is 1.62 bits per heavy atom. The number of alkyl halides is 3. The monoisotopic (exact) mass is 448 g/mol. The van der Waals surface area contributed by atoms with Crippen molar-refractivity contribution < 1.29 is 26.3 Å². The second-order valence-corrected chi connectivity index (χ2v) is 8.91. The van der Waals surface area contributed by atoms with E-state index in [2.05, 4.69) is 14.8 Å². The number of halogens is 4. The third-order valence-electron chi connectivity index (χ3n) is 4.73. The van der Waals surface area contributed by atoms with Crippen LogP contribution in [-0.2, 0) is 10.0 Å². The van der Waals surface area contributed by atoms with E-state index < -0.39 is 28.2 Å². The van der Waals surface area contributed by atoms with Crippen LogP contribution in [0.5, 0.6) is 5.75 Å². The van der Waals surface area contributed by atoms with Crippen LogP contribution in [-0.4, -0.2) is 27.9 Å². The second-order valence-electron chi connectivity index (χ2n) is 6.76. The van der Waals surface area contributed by atoms with Gasteiger partial charge in [-0.15, -0.1) is 13.2 Å². The predicted octanol–water partition coefficient (Wildman–Crippen LogP) is 4.26. The lowest BCUT2D eigenvalue weighted by Gasteiger charge is -2.31. The molecule has 0 saturated carbocycles. The van der Waals surface area contributed by atoms with Gasteiger partial charge < -0.3 is 10.1 Å². The molecule has 10 heteroatoms. The van der Waals surface area contributed by atoms with Gasteiger partial charge in [-0.3, -0.25) is 0 Å². The molecule has 0 aliphatic carbocycles. The molecule has 1 fully saturated rings. The molecule has 1 saturated heterocycles. The molecule has 2 N–H and O–H groups in total. The zero-order valence-corrected chi connectivity index (χ0v) is 16.8. The van der Waals surface area contributed by atoms with Crippen LogP contribution in [0.1, 0.15) is 24.4 Å². The topological polar surface area (TPSA) is 67.4 Å². The lowest BCUT2D eigenvalue weighted by atomic mass is 9.87. The summed E-state index contributed by atoms with van der Waals surface area (Å²) in [7, 11) is -3.97. The van der Waals surface area contributed by atoms with Crippen molar-refractivity contribution in [1.82, 2.24) is 10.0 Å². The van der Waals surface area contributed by atoms with Crippen molar-refractivity contribution >= 4 is 21.6 Å². The fourth-order valence-electron chi connectivity index (χ4n) is 3.34. The Kier molecular flexibility index (Phi) is 6.72. The van der Waals surface area contributed by atoms with Crippen LogP contribution in [0, 0.1) is 5.92 Å². The van der Waals surface area contributed by atoms with Crippen LogP contribution in [0.15, 0.2) is 53.4 Å². The molecule has 0 aromatic heterocycles. The van der Waals surface area contributed by atoms with E-state index >= 15 is 0 Å². The molecular weight excluding hydrogens is 429 g/mol. The van der Waals surface area contributed by atoms with E-state index in [9.17, 15) is 21.6 Å². The lowest BCUT2D eigenvalue weighted by molar-refractivity contribution is -0.274. The molecule has 0 bridgehead atoms. The van der Waals surface area contributed by atoms with Crippen molar-refractivity contribution in [3.8, 4) is 5.75 Å². The lowest BCUT2D eigenvalue weighted by Crippen LogP contribution is -2.38. The fourth-order valence-corrected chi connectivity index (χ4v) is 4.76. The SMILES string of the molecule is O=S(=O)(N[C@@H](c1ccc(Cl)cc1)C1CCNCC1)c1ccc(OC(F)(F)F)cc1. The number of ether oxygens (including phenoxy) is 1. The van der Waals surface area contributed by atoms with Gasteiger partial charge in [0.15, 0.2) is 0 Å². The second kappa shape index (κ2) is 8.91. The van der Waals surface area contributed by atoms with Gasteiger partial charge in [-0.2, -0.15) is 0 Å². The smallest absolute Gasteiger partial charge is 0.406 e. The quantitative estimate of drug-likeness (QED) is 0.693. The van der Waals surface area contributed by atoms with Gasteiger partial charge in [0.05, 0.1) is 4.90 Å². The normalized spacial score (nSPS) is 17.1. The minimum absolute atomic E-state index is 0.0695. The van der Waals surface area contributed by atoms with E-state index in [1.807, 2.05) is 0 Å². The number of rotatable bonds is 6. The maximum atomic E-state index is 12.9. The standard InChI is InChI=1S/C19H20ClF3N2O3S/c20-15-3-1-13(2-4-15)18(14-9-11-24-12-10-14)25-29(26,27)17-7-5-16(6-8-17)28-19(21,22)23/h1-8,14,18,24-25H,9-12H2/t18-/m0/s1. The molecule has 1 atom stereocenters. The maximum Gasteiger partial charge on any atom is 0.573 e. The Labute approximate surface area is 172 Å². The molecule has 0 radical (unpaired) electrons. The molecule has 2 aromatic rings. The molecule has 0 amide bonds. The first-order chi connectivity index (χ1) is 13.6. The highest BCUT2D eigenvalue weighted by Crippen LogP contribution is 2.32. The molecule has 2 aromatic carbocycles. The van der Waals surface area contributed by atoms with Crippen LogP contribution < -0.4 is 14.8 Å². The summed E-state index contributed by atoms with van der Waals surface area (Å²) in [6.45, 7) is 1.56. The summed E-state index contributed by atoms with van der Waals surface area (Å²) < 4.78 is 69.2. The summed E-state index contributed by atoms with van der Waals surface area (Å²) in [5, 5.41) is 3.79. The summed E-state index contributed by atoms with van der Waals surface area (Å²) in [6.07, 6.45) is -3.27. The highest BCUT2D eigenvalue weighted by atomic mass is 35.5. The minimum Gasteiger partial charge on any atom is -0.406 e. The molecule has 0 unspecified atom stereocenters. The average Bonchev–Trinajstić information content (AvgIpc) is 2.67. The maximum absolute atomic E-state index is 12.9. The number of sulfonamides is 1. The Balaban J connectivity index is 1.84. The molecule has 29 heavy (non-hydrogen) atoms. The molecule has 5 nitrogen and oxygen atoms in total. The van der Waals surface area contributed by atoms with Crippen LogP contribution in [0.3, 0.4) is 0 Å². The van der Waals surface area contributed by atoms with Gasteiger partial charge in [0.2, 0.25) is 10.0 Å². The molecule has 1 aliphatic rings. The van der Waals surface area contributed by atoms with E-state index in [1.54, 1.807) is 24.3 Å². The Bertz CT molecular complexity index is 913. The van der Waals surface area contributed by atoms with Crippen molar-refractivity contribution in [3.05, 3.63) is 59.1 Å². The zero-order valence-electron chi connectivity index (χ0n) is 15.2. The van der Waals surface area contributed by atoms with Crippen molar-refractivity contribution in [1.29, 1.82) is 0 Å². The van der Waals surface area contributed by atoms with Gasteiger partial charge >= 0.3 is 6.36 Å². The summed E-state index contributed by atoms with van der Waals surface area (Å²) >= 11 is 5.95. The van der Waals surface area contributed by atoms with E-state index in [4.69, 9.17) is 11.6 Å². The number of benzene rings is 2. The molecular formula is C19H20ClF3N2O3S. The molecule has 3 rings (SSSR count).